The highest BCUT2D eigenvalue weighted by Crippen LogP contribution is 2.32. The van der Waals surface area contributed by atoms with Gasteiger partial charge >= 0.3 is 0 Å². The van der Waals surface area contributed by atoms with Gasteiger partial charge in [0.25, 0.3) is 0 Å². The van der Waals surface area contributed by atoms with E-state index in [4.69, 9.17) is 11.6 Å². The van der Waals surface area contributed by atoms with Crippen LogP contribution in [0.3, 0.4) is 0 Å². The lowest BCUT2D eigenvalue weighted by Gasteiger charge is -2.30. The Bertz CT molecular complexity index is 435. The number of aryl methyl sites for hydroxylation is 1. The van der Waals surface area contributed by atoms with Gasteiger partial charge in [-0.05, 0) is 43.9 Å². The molecule has 0 amide bonds. The van der Waals surface area contributed by atoms with Crippen LogP contribution in [0.1, 0.15) is 43.4 Å². The molecule has 0 saturated heterocycles. The average Bonchev–Trinajstić information content (AvgIpc) is 2.94. The maximum Gasteiger partial charge on any atom is 0.132 e. The summed E-state index contributed by atoms with van der Waals surface area (Å²) in [6.45, 7) is 1.01. The van der Waals surface area contributed by atoms with Crippen molar-refractivity contribution in [3.63, 3.8) is 0 Å². The van der Waals surface area contributed by atoms with E-state index in [-0.39, 0.29) is 0 Å². The molecule has 2 unspecified atom stereocenters. The number of hydrogen-bond donors (Lipinski definition) is 1. The molecule has 1 fully saturated rings. The largest absolute Gasteiger partial charge is 0.369 e. The average molecular weight is 280 g/mol. The van der Waals surface area contributed by atoms with Gasteiger partial charge < -0.3 is 5.32 Å². The SMILES string of the molecule is ClCC1CCCCC1CNc1ncnc2c1CCC2. The summed E-state index contributed by atoms with van der Waals surface area (Å²) in [5, 5.41) is 3.57. The first-order valence-corrected chi connectivity index (χ1v) is 8.04. The van der Waals surface area contributed by atoms with Crippen molar-refractivity contribution in [3.8, 4) is 0 Å². The summed E-state index contributed by atoms with van der Waals surface area (Å²) >= 11 is 6.10. The van der Waals surface area contributed by atoms with Gasteiger partial charge in [0.1, 0.15) is 12.1 Å². The second-order valence-electron chi connectivity index (χ2n) is 5.84. The zero-order chi connectivity index (χ0) is 13.1. The number of anilines is 1. The molecule has 104 valence electrons. The number of fused-ring (bicyclic) bond motifs is 1. The van der Waals surface area contributed by atoms with E-state index in [1.807, 2.05) is 0 Å². The molecule has 1 aromatic rings. The molecule has 0 bridgehead atoms. The Morgan fingerprint density at radius 3 is 2.79 bits per heavy atom. The molecule has 3 rings (SSSR count). The van der Waals surface area contributed by atoms with E-state index < -0.39 is 0 Å². The number of rotatable bonds is 4. The number of hydrogen-bond acceptors (Lipinski definition) is 3. The van der Waals surface area contributed by atoms with E-state index in [2.05, 4.69) is 15.3 Å². The number of nitrogens with zero attached hydrogens (tertiary/aromatic N) is 2. The molecule has 2 atom stereocenters. The van der Waals surface area contributed by atoms with Gasteiger partial charge in [0, 0.05) is 23.7 Å². The van der Waals surface area contributed by atoms with Gasteiger partial charge in [0.05, 0.1) is 0 Å². The van der Waals surface area contributed by atoms with Crippen molar-refractivity contribution in [1.29, 1.82) is 0 Å². The summed E-state index contributed by atoms with van der Waals surface area (Å²) in [6, 6.07) is 0. The van der Waals surface area contributed by atoms with Gasteiger partial charge in [-0.2, -0.15) is 0 Å². The highest BCUT2D eigenvalue weighted by atomic mass is 35.5. The number of alkyl halides is 1. The van der Waals surface area contributed by atoms with Crippen LogP contribution >= 0.6 is 11.6 Å². The highest BCUT2D eigenvalue weighted by molar-refractivity contribution is 6.18. The summed E-state index contributed by atoms with van der Waals surface area (Å²) < 4.78 is 0. The van der Waals surface area contributed by atoms with E-state index in [0.29, 0.717) is 11.8 Å². The molecule has 19 heavy (non-hydrogen) atoms. The predicted molar refractivity (Wildman–Crippen MR) is 78.7 cm³/mol. The van der Waals surface area contributed by atoms with Crippen LogP contribution in [0.2, 0.25) is 0 Å². The standard InChI is InChI=1S/C15H22ClN3/c16-8-11-4-1-2-5-12(11)9-17-15-13-6-3-7-14(13)18-10-19-15/h10-12H,1-9H2,(H,17,18,19). The third-order valence-electron chi connectivity index (χ3n) is 4.67. The Morgan fingerprint density at radius 1 is 1.11 bits per heavy atom. The summed E-state index contributed by atoms with van der Waals surface area (Å²) in [5.41, 5.74) is 2.59. The van der Waals surface area contributed by atoms with Crippen molar-refractivity contribution < 1.29 is 0 Å². The minimum atomic E-state index is 0.679. The third-order valence-corrected chi connectivity index (χ3v) is 5.07. The number of nitrogens with one attached hydrogen (secondary N) is 1. The van der Waals surface area contributed by atoms with E-state index >= 15 is 0 Å². The van der Waals surface area contributed by atoms with Crippen LogP contribution in [0.4, 0.5) is 5.82 Å². The van der Waals surface area contributed by atoms with Crippen LogP contribution in [0, 0.1) is 11.8 Å². The number of aromatic nitrogens is 2. The first-order chi connectivity index (χ1) is 9.38. The van der Waals surface area contributed by atoms with Gasteiger partial charge in [-0.15, -0.1) is 11.6 Å². The molecule has 0 spiro atoms. The molecule has 0 aliphatic heterocycles. The van der Waals surface area contributed by atoms with Crippen molar-refractivity contribution in [2.24, 2.45) is 11.8 Å². The minimum absolute atomic E-state index is 0.679. The first-order valence-electron chi connectivity index (χ1n) is 7.51. The minimum Gasteiger partial charge on any atom is -0.369 e. The van der Waals surface area contributed by atoms with Gasteiger partial charge in [0.2, 0.25) is 0 Å². The second-order valence-corrected chi connectivity index (χ2v) is 6.15. The number of halogens is 1. The molecule has 2 aliphatic carbocycles. The summed E-state index contributed by atoms with van der Waals surface area (Å²) in [7, 11) is 0. The van der Waals surface area contributed by atoms with Crippen LogP contribution in [0.25, 0.3) is 0 Å². The van der Waals surface area contributed by atoms with Crippen LogP contribution in [0.5, 0.6) is 0 Å². The van der Waals surface area contributed by atoms with Crippen LogP contribution in [-0.2, 0) is 12.8 Å². The van der Waals surface area contributed by atoms with Crippen molar-refractivity contribution in [3.05, 3.63) is 17.6 Å². The van der Waals surface area contributed by atoms with Crippen LogP contribution in [-0.4, -0.2) is 22.4 Å². The van der Waals surface area contributed by atoms with Crippen LogP contribution in [0.15, 0.2) is 6.33 Å². The third kappa shape index (κ3) is 2.86. The lowest BCUT2D eigenvalue weighted by atomic mass is 9.80. The molecular formula is C15H22ClN3. The van der Waals surface area contributed by atoms with Crippen molar-refractivity contribution >= 4 is 17.4 Å². The lowest BCUT2D eigenvalue weighted by molar-refractivity contribution is 0.272. The molecule has 2 aliphatic rings. The maximum absolute atomic E-state index is 6.10. The summed E-state index contributed by atoms with van der Waals surface area (Å²) in [4.78, 5) is 8.80. The first kappa shape index (κ1) is 13.2. The maximum atomic E-state index is 6.10. The topological polar surface area (TPSA) is 37.8 Å². The Morgan fingerprint density at radius 2 is 1.95 bits per heavy atom. The van der Waals surface area contributed by atoms with Gasteiger partial charge in [-0.1, -0.05) is 12.8 Å². The fourth-order valence-corrected chi connectivity index (χ4v) is 3.90. The van der Waals surface area contributed by atoms with Gasteiger partial charge in [-0.25, -0.2) is 9.97 Å². The molecule has 1 saturated carbocycles. The zero-order valence-corrected chi connectivity index (χ0v) is 12.1. The smallest absolute Gasteiger partial charge is 0.132 e. The molecule has 3 nitrogen and oxygen atoms in total. The van der Waals surface area contributed by atoms with Crippen molar-refractivity contribution in [2.45, 2.75) is 44.9 Å². The molecule has 1 N–H and O–H groups in total. The Labute approximate surface area is 120 Å². The predicted octanol–water partition coefficient (Wildman–Crippen LogP) is 3.42. The quantitative estimate of drug-likeness (QED) is 0.858. The van der Waals surface area contributed by atoms with Gasteiger partial charge in [-0.3, -0.25) is 0 Å². The molecule has 0 radical (unpaired) electrons. The normalized spacial score (nSPS) is 26.2. The molecular weight excluding hydrogens is 258 g/mol. The fourth-order valence-electron chi connectivity index (χ4n) is 3.50. The van der Waals surface area contributed by atoms with E-state index in [0.717, 1.165) is 31.1 Å². The van der Waals surface area contributed by atoms with Crippen molar-refractivity contribution in [1.82, 2.24) is 9.97 Å². The summed E-state index contributed by atoms with van der Waals surface area (Å²) in [5.74, 6) is 3.26. The van der Waals surface area contributed by atoms with E-state index in [1.54, 1.807) is 6.33 Å². The van der Waals surface area contributed by atoms with Crippen molar-refractivity contribution in [2.75, 3.05) is 17.7 Å². The molecule has 4 heteroatoms. The molecule has 1 heterocycles. The van der Waals surface area contributed by atoms with E-state index in [9.17, 15) is 0 Å². The fraction of sp³-hybridized carbons (Fsp3) is 0.733. The monoisotopic (exact) mass is 279 g/mol. The van der Waals surface area contributed by atoms with Crippen LogP contribution < -0.4 is 5.32 Å². The van der Waals surface area contributed by atoms with Gasteiger partial charge in [0.15, 0.2) is 0 Å². The summed E-state index contributed by atoms with van der Waals surface area (Å²) in [6.07, 6.45) is 10.4. The Hall–Kier alpha value is -0.830. The van der Waals surface area contributed by atoms with E-state index in [1.165, 1.54) is 43.4 Å². The second kappa shape index (κ2) is 6.08. The Kier molecular flexibility index (Phi) is 4.21. The zero-order valence-electron chi connectivity index (χ0n) is 11.4. The highest BCUT2D eigenvalue weighted by Gasteiger charge is 2.25. The molecule has 1 aromatic heterocycles. The Balaban J connectivity index is 1.64. The lowest BCUT2D eigenvalue weighted by Crippen LogP contribution is -2.28. The molecule has 0 aromatic carbocycles.